The van der Waals surface area contributed by atoms with Crippen LogP contribution < -0.4 is 15.4 Å². The molecule has 0 saturated heterocycles. The van der Waals surface area contributed by atoms with Gasteiger partial charge in [-0.25, -0.2) is 0 Å². The standard InChI is InChI=1S/C14H16N2O3/c1-3-6-15-13(17)8-12-14(18)16-10-7-9(2)4-5-11(10)19-12/h3-5,7,12H,1,6,8H2,2H3,(H,15,17)(H,16,18). The number of carbonyl (C=O) groups excluding carboxylic acids is 2. The van der Waals surface area contributed by atoms with Crippen LogP contribution in [0.25, 0.3) is 0 Å². The molecule has 100 valence electrons. The number of hydrogen-bond donors (Lipinski definition) is 2. The van der Waals surface area contributed by atoms with Gasteiger partial charge in [0.25, 0.3) is 5.91 Å². The number of fused-ring (bicyclic) bond motifs is 1. The molecule has 0 aromatic heterocycles. The number of nitrogens with one attached hydrogen (secondary N) is 2. The van der Waals surface area contributed by atoms with Crippen LogP contribution in [-0.4, -0.2) is 24.5 Å². The van der Waals surface area contributed by atoms with Crippen LogP contribution in [0.5, 0.6) is 5.75 Å². The van der Waals surface area contributed by atoms with E-state index in [4.69, 9.17) is 4.74 Å². The molecule has 1 aliphatic rings. The van der Waals surface area contributed by atoms with Crippen LogP contribution in [-0.2, 0) is 9.59 Å². The zero-order chi connectivity index (χ0) is 13.8. The molecule has 0 bridgehead atoms. The van der Waals surface area contributed by atoms with Crippen molar-refractivity contribution in [3.8, 4) is 5.75 Å². The van der Waals surface area contributed by atoms with Gasteiger partial charge in [-0.05, 0) is 24.6 Å². The molecule has 1 aromatic carbocycles. The summed E-state index contributed by atoms with van der Waals surface area (Å²) in [6, 6.07) is 5.52. The van der Waals surface area contributed by atoms with Gasteiger partial charge in [-0.15, -0.1) is 6.58 Å². The van der Waals surface area contributed by atoms with Gasteiger partial charge in [-0.1, -0.05) is 12.1 Å². The molecule has 1 heterocycles. The number of hydrogen-bond acceptors (Lipinski definition) is 3. The van der Waals surface area contributed by atoms with Gasteiger partial charge < -0.3 is 15.4 Å². The summed E-state index contributed by atoms with van der Waals surface area (Å²) in [7, 11) is 0. The highest BCUT2D eigenvalue weighted by atomic mass is 16.5. The van der Waals surface area contributed by atoms with Crippen molar-refractivity contribution in [2.24, 2.45) is 0 Å². The Morgan fingerprint density at radius 2 is 2.37 bits per heavy atom. The van der Waals surface area contributed by atoms with Crippen LogP contribution in [0.15, 0.2) is 30.9 Å². The highest BCUT2D eigenvalue weighted by Gasteiger charge is 2.29. The van der Waals surface area contributed by atoms with Gasteiger partial charge in [-0.3, -0.25) is 9.59 Å². The molecule has 2 rings (SSSR count). The quantitative estimate of drug-likeness (QED) is 0.804. The molecule has 0 spiro atoms. The summed E-state index contributed by atoms with van der Waals surface area (Å²) in [5.74, 6) is 0.0502. The molecular weight excluding hydrogens is 244 g/mol. The van der Waals surface area contributed by atoms with Crippen molar-refractivity contribution in [3.63, 3.8) is 0 Å². The first-order valence-electron chi connectivity index (χ1n) is 6.06. The Hall–Kier alpha value is -2.30. The molecule has 0 radical (unpaired) electrons. The van der Waals surface area contributed by atoms with E-state index in [1.165, 1.54) is 0 Å². The lowest BCUT2D eigenvalue weighted by molar-refractivity contribution is -0.130. The molecule has 1 unspecified atom stereocenters. The number of anilines is 1. The van der Waals surface area contributed by atoms with Crippen molar-refractivity contribution in [1.82, 2.24) is 5.32 Å². The van der Waals surface area contributed by atoms with Gasteiger partial charge in [0.1, 0.15) is 5.75 Å². The number of ether oxygens (including phenoxy) is 1. The number of amides is 2. The second-order valence-corrected chi connectivity index (χ2v) is 4.39. The molecule has 5 heteroatoms. The van der Waals surface area contributed by atoms with E-state index in [9.17, 15) is 9.59 Å². The number of carbonyl (C=O) groups is 2. The van der Waals surface area contributed by atoms with Gasteiger partial charge in [0.15, 0.2) is 6.10 Å². The van der Waals surface area contributed by atoms with Crippen molar-refractivity contribution >= 4 is 17.5 Å². The Labute approximate surface area is 111 Å². The summed E-state index contributed by atoms with van der Waals surface area (Å²) in [4.78, 5) is 23.4. The third-order valence-electron chi connectivity index (χ3n) is 2.77. The molecule has 5 nitrogen and oxygen atoms in total. The largest absolute Gasteiger partial charge is 0.478 e. The molecule has 19 heavy (non-hydrogen) atoms. The third kappa shape index (κ3) is 3.13. The summed E-state index contributed by atoms with van der Waals surface area (Å²) in [6.45, 7) is 5.82. The van der Waals surface area contributed by atoms with Crippen LogP contribution in [0, 0.1) is 6.92 Å². The third-order valence-corrected chi connectivity index (χ3v) is 2.77. The van der Waals surface area contributed by atoms with Crippen molar-refractivity contribution in [1.29, 1.82) is 0 Å². The number of rotatable bonds is 4. The van der Waals surface area contributed by atoms with Crippen LogP contribution in [0.2, 0.25) is 0 Å². The van der Waals surface area contributed by atoms with E-state index in [1.807, 2.05) is 19.1 Å². The summed E-state index contributed by atoms with van der Waals surface area (Å²) in [5, 5.41) is 5.36. The maximum absolute atomic E-state index is 11.8. The minimum absolute atomic E-state index is 0.00695. The fraction of sp³-hybridized carbons (Fsp3) is 0.286. The maximum Gasteiger partial charge on any atom is 0.266 e. The minimum Gasteiger partial charge on any atom is -0.478 e. The Morgan fingerprint density at radius 1 is 1.58 bits per heavy atom. The molecule has 1 aliphatic heterocycles. The lowest BCUT2D eigenvalue weighted by atomic mass is 10.1. The first-order valence-corrected chi connectivity index (χ1v) is 6.06. The summed E-state index contributed by atoms with van der Waals surface area (Å²) in [5.41, 5.74) is 1.68. The van der Waals surface area contributed by atoms with Crippen molar-refractivity contribution < 1.29 is 14.3 Å². The smallest absolute Gasteiger partial charge is 0.266 e. The first-order chi connectivity index (χ1) is 9.10. The van der Waals surface area contributed by atoms with E-state index in [-0.39, 0.29) is 18.2 Å². The zero-order valence-electron chi connectivity index (χ0n) is 10.7. The van der Waals surface area contributed by atoms with Crippen molar-refractivity contribution in [3.05, 3.63) is 36.4 Å². The molecule has 0 saturated carbocycles. The van der Waals surface area contributed by atoms with E-state index in [0.717, 1.165) is 5.56 Å². The highest BCUT2D eigenvalue weighted by molar-refractivity contribution is 6.00. The second-order valence-electron chi connectivity index (χ2n) is 4.39. The van der Waals surface area contributed by atoms with Gasteiger partial charge in [0.05, 0.1) is 12.1 Å². The van der Waals surface area contributed by atoms with Crippen molar-refractivity contribution in [2.75, 3.05) is 11.9 Å². The molecule has 0 aliphatic carbocycles. The van der Waals surface area contributed by atoms with E-state index < -0.39 is 6.10 Å². The summed E-state index contributed by atoms with van der Waals surface area (Å²) >= 11 is 0. The van der Waals surface area contributed by atoms with E-state index in [0.29, 0.717) is 18.0 Å². The van der Waals surface area contributed by atoms with Gasteiger partial charge in [0.2, 0.25) is 5.91 Å². The topological polar surface area (TPSA) is 67.4 Å². The van der Waals surface area contributed by atoms with Gasteiger partial charge >= 0.3 is 0 Å². The lowest BCUT2D eigenvalue weighted by Gasteiger charge is -2.25. The minimum atomic E-state index is -0.792. The monoisotopic (exact) mass is 260 g/mol. The fourth-order valence-electron chi connectivity index (χ4n) is 1.83. The molecule has 1 aromatic rings. The van der Waals surface area contributed by atoms with E-state index in [1.54, 1.807) is 12.1 Å². The molecule has 0 fully saturated rings. The van der Waals surface area contributed by atoms with E-state index in [2.05, 4.69) is 17.2 Å². The van der Waals surface area contributed by atoms with Gasteiger partial charge in [0, 0.05) is 6.54 Å². The maximum atomic E-state index is 11.8. The van der Waals surface area contributed by atoms with Crippen LogP contribution in [0.3, 0.4) is 0 Å². The fourth-order valence-corrected chi connectivity index (χ4v) is 1.83. The SMILES string of the molecule is C=CCNC(=O)CC1Oc2ccc(C)cc2NC1=O. The lowest BCUT2D eigenvalue weighted by Crippen LogP contribution is -2.41. The Balaban J connectivity index is 2.05. The normalized spacial score (nSPS) is 16.9. The Bertz CT molecular complexity index is 525. The molecular formula is C14H16N2O3. The number of aryl methyl sites for hydroxylation is 1. The van der Waals surface area contributed by atoms with E-state index >= 15 is 0 Å². The average Bonchev–Trinajstić information content (AvgIpc) is 2.37. The predicted molar refractivity (Wildman–Crippen MR) is 72.0 cm³/mol. The number of benzene rings is 1. The molecule has 2 N–H and O–H groups in total. The second kappa shape index (κ2) is 5.56. The Kier molecular flexibility index (Phi) is 3.85. The van der Waals surface area contributed by atoms with Crippen molar-refractivity contribution in [2.45, 2.75) is 19.4 Å². The van der Waals surface area contributed by atoms with Crippen LogP contribution >= 0.6 is 0 Å². The Morgan fingerprint density at radius 3 is 3.11 bits per heavy atom. The average molecular weight is 260 g/mol. The first kappa shape index (κ1) is 13.1. The molecule has 1 atom stereocenters. The van der Waals surface area contributed by atoms with Crippen LogP contribution in [0.1, 0.15) is 12.0 Å². The zero-order valence-corrected chi connectivity index (χ0v) is 10.7. The van der Waals surface area contributed by atoms with Crippen LogP contribution in [0.4, 0.5) is 5.69 Å². The summed E-state index contributed by atoms with van der Waals surface area (Å²) < 4.78 is 5.55. The highest BCUT2D eigenvalue weighted by Crippen LogP contribution is 2.30. The predicted octanol–water partition coefficient (Wildman–Crippen LogP) is 1.39. The van der Waals surface area contributed by atoms with Gasteiger partial charge in [-0.2, -0.15) is 0 Å². The molecule has 2 amide bonds. The summed E-state index contributed by atoms with van der Waals surface area (Å²) in [6.07, 6.45) is 0.783.